The van der Waals surface area contributed by atoms with E-state index in [9.17, 15) is 19.2 Å². The van der Waals surface area contributed by atoms with Crippen LogP contribution in [-0.2, 0) is 19.1 Å². The minimum atomic E-state index is -0.917. The smallest absolute Gasteiger partial charge is 0.407 e. The molecule has 6 aromatic rings. The number of alkyl carbamates (subject to hydrolysis) is 2. The third-order valence-corrected chi connectivity index (χ3v) is 13.1. The Hall–Kier alpha value is -6.26. The zero-order chi connectivity index (χ0) is 41.2. The molecule has 16 heteroatoms. The number of aromatic nitrogens is 4. The molecule has 2 aliphatic rings. The summed E-state index contributed by atoms with van der Waals surface area (Å²) in [6.45, 7) is 4.78. The highest BCUT2D eigenvalue weighted by Crippen LogP contribution is 2.42. The predicted molar refractivity (Wildman–Crippen MR) is 226 cm³/mol. The van der Waals surface area contributed by atoms with Crippen LogP contribution in [0.3, 0.4) is 0 Å². The molecule has 0 bridgehead atoms. The average molecular weight is 833 g/mol. The number of hydrogen-bond acceptors (Lipinski definition) is 10. The number of fused-ring (bicyclic) bond motifs is 1. The first kappa shape index (κ1) is 39.6. The van der Waals surface area contributed by atoms with E-state index in [0.29, 0.717) is 24.5 Å². The van der Waals surface area contributed by atoms with E-state index in [4.69, 9.17) is 14.5 Å². The maximum atomic E-state index is 13.9. The first-order valence-electron chi connectivity index (χ1n) is 19.4. The van der Waals surface area contributed by atoms with Crippen LogP contribution in [0.1, 0.15) is 62.0 Å². The molecule has 6 heterocycles. The summed E-state index contributed by atoms with van der Waals surface area (Å²) in [5.74, 6) is 0.851. The van der Waals surface area contributed by atoms with Gasteiger partial charge in [-0.1, -0.05) is 80.6 Å². The van der Waals surface area contributed by atoms with Crippen molar-refractivity contribution in [1.82, 2.24) is 40.4 Å². The van der Waals surface area contributed by atoms with Crippen molar-refractivity contribution in [3.8, 4) is 32.3 Å². The summed E-state index contributed by atoms with van der Waals surface area (Å²) in [6.07, 6.45) is 7.80. The standard InChI is InChI=1S/C43H44N8O6S2/c1-24(2)36(48-42(54)56-3)40(52)50-18-8-13-31(50)39-45-23-29(47-39)33-21-35-34(59-33)20-32(58-35)26-16-14-25(15-17-26)28-22-44-38(46-28)30-12-9-19-51(30)41(53)37(49-43(55)57-4)27-10-6-5-7-11-27/h5-7,9-12,14-17,20-24,30-31,36-37H,8,13,18-19H2,1-4H3,(H,44,46)(H,45,47)(H,48,54)(H,49,55)/t30-,31-,36-,37+/m0/s1. The van der Waals surface area contributed by atoms with E-state index in [-0.39, 0.29) is 23.8 Å². The van der Waals surface area contributed by atoms with Gasteiger partial charge in [-0.15, -0.1) is 22.7 Å². The minimum Gasteiger partial charge on any atom is -0.453 e. The molecule has 59 heavy (non-hydrogen) atoms. The van der Waals surface area contributed by atoms with Crippen LogP contribution in [0.25, 0.3) is 41.7 Å². The topological polar surface area (TPSA) is 175 Å². The highest BCUT2D eigenvalue weighted by atomic mass is 32.1. The Morgan fingerprint density at radius 2 is 1.42 bits per heavy atom. The fourth-order valence-electron chi connectivity index (χ4n) is 7.64. The molecule has 4 atom stereocenters. The normalized spacial score (nSPS) is 17.4. The van der Waals surface area contributed by atoms with E-state index < -0.39 is 30.3 Å². The van der Waals surface area contributed by atoms with Gasteiger partial charge in [0.15, 0.2) is 0 Å². The third-order valence-electron chi connectivity index (χ3n) is 10.7. The first-order valence-corrected chi connectivity index (χ1v) is 21.0. The van der Waals surface area contributed by atoms with Gasteiger partial charge in [0.2, 0.25) is 5.91 Å². The quantitative estimate of drug-likeness (QED) is 0.0951. The molecule has 4 amide bonds. The number of thiophene rings is 2. The van der Waals surface area contributed by atoms with Crippen molar-refractivity contribution in [2.45, 2.75) is 50.9 Å². The van der Waals surface area contributed by atoms with Gasteiger partial charge in [-0.2, -0.15) is 0 Å². The number of aromatic amines is 2. The summed E-state index contributed by atoms with van der Waals surface area (Å²) in [4.78, 5) is 73.6. The number of methoxy groups -OCH3 is 2. The Morgan fingerprint density at radius 3 is 2.15 bits per heavy atom. The van der Waals surface area contributed by atoms with E-state index in [0.717, 1.165) is 50.9 Å². The SMILES string of the molecule is COC(=O)N[C@H](C(=O)N1CCC[C@H]1c1ncc(-c2cc3sc(-c4ccc(-c5cnc([C@@H]6C=CCN6C(=O)[C@H](NC(=O)OC)c6ccccc6)[nH]5)cc4)cc3s2)[nH]1)C(C)C. The fourth-order valence-corrected chi connectivity index (χ4v) is 10.0. The number of hydrogen-bond donors (Lipinski definition) is 4. The number of nitrogens with zero attached hydrogens (tertiary/aromatic N) is 4. The molecule has 1 saturated heterocycles. The Labute approximate surface area is 348 Å². The van der Waals surface area contributed by atoms with E-state index in [1.165, 1.54) is 23.6 Å². The van der Waals surface area contributed by atoms with Crippen molar-refractivity contribution in [1.29, 1.82) is 0 Å². The monoisotopic (exact) mass is 832 g/mol. The van der Waals surface area contributed by atoms with Crippen LogP contribution in [0, 0.1) is 5.92 Å². The molecular formula is C43H44N8O6S2. The van der Waals surface area contributed by atoms with E-state index in [1.54, 1.807) is 45.9 Å². The summed E-state index contributed by atoms with van der Waals surface area (Å²) in [6, 6.07) is 19.6. The Bertz CT molecular complexity index is 2470. The van der Waals surface area contributed by atoms with E-state index >= 15 is 0 Å². The van der Waals surface area contributed by atoms with Gasteiger partial charge in [0.05, 0.1) is 48.9 Å². The molecule has 14 nitrogen and oxygen atoms in total. The highest BCUT2D eigenvalue weighted by molar-refractivity contribution is 7.31. The summed E-state index contributed by atoms with van der Waals surface area (Å²) in [5, 5.41) is 5.39. The summed E-state index contributed by atoms with van der Waals surface area (Å²) >= 11 is 3.42. The molecule has 4 N–H and O–H groups in total. The molecule has 4 aromatic heterocycles. The fraction of sp³-hybridized carbons (Fsp3) is 0.302. The van der Waals surface area contributed by atoms with Crippen LogP contribution < -0.4 is 10.6 Å². The second kappa shape index (κ2) is 16.9. The summed E-state index contributed by atoms with van der Waals surface area (Å²) in [7, 11) is 2.56. The molecule has 8 rings (SSSR count). The zero-order valence-corrected chi connectivity index (χ0v) is 34.6. The van der Waals surface area contributed by atoms with Crippen LogP contribution in [0.4, 0.5) is 9.59 Å². The number of amides is 4. The van der Waals surface area contributed by atoms with Crippen molar-refractivity contribution < 1.29 is 28.7 Å². The number of benzene rings is 2. The Morgan fingerprint density at radius 1 is 0.780 bits per heavy atom. The molecule has 2 aliphatic heterocycles. The highest BCUT2D eigenvalue weighted by Gasteiger charge is 2.38. The van der Waals surface area contributed by atoms with E-state index in [1.807, 2.05) is 55.3 Å². The third kappa shape index (κ3) is 8.10. The van der Waals surface area contributed by atoms with Gasteiger partial charge in [-0.05, 0) is 47.6 Å². The minimum absolute atomic E-state index is 0.104. The molecule has 0 unspecified atom stereocenters. The number of carbonyl (C=O) groups excluding carboxylic acids is 4. The van der Waals surface area contributed by atoms with Gasteiger partial charge >= 0.3 is 12.2 Å². The van der Waals surface area contributed by atoms with Crippen molar-refractivity contribution in [2.24, 2.45) is 5.92 Å². The van der Waals surface area contributed by atoms with Crippen LogP contribution in [0.15, 0.2) is 91.3 Å². The zero-order valence-electron chi connectivity index (χ0n) is 32.9. The van der Waals surface area contributed by atoms with Crippen molar-refractivity contribution >= 4 is 56.1 Å². The predicted octanol–water partition coefficient (Wildman–Crippen LogP) is 7.99. The molecule has 1 fully saturated rings. The number of likely N-dealkylation sites (tertiary alicyclic amines) is 1. The van der Waals surface area contributed by atoms with Crippen molar-refractivity contribution in [2.75, 3.05) is 27.3 Å². The number of imidazole rings is 2. The van der Waals surface area contributed by atoms with Gasteiger partial charge in [0.1, 0.15) is 29.8 Å². The molecule has 0 saturated carbocycles. The van der Waals surface area contributed by atoms with Crippen LogP contribution in [0.5, 0.6) is 0 Å². The van der Waals surface area contributed by atoms with E-state index in [2.05, 4.69) is 62.0 Å². The van der Waals surface area contributed by atoms with Gasteiger partial charge in [0, 0.05) is 27.4 Å². The molecule has 2 aromatic carbocycles. The Balaban J connectivity index is 0.937. The van der Waals surface area contributed by atoms with Gasteiger partial charge < -0.3 is 39.9 Å². The lowest BCUT2D eigenvalue weighted by atomic mass is 10.0. The summed E-state index contributed by atoms with van der Waals surface area (Å²) in [5.41, 5.74) is 4.44. The van der Waals surface area contributed by atoms with Crippen molar-refractivity contribution in [3.05, 3.63) is 108 Å². The maximum absolute atomic E-state index is 13.9. The van der Waals surface area contributed by atoms with Crippen LogP contribution in [0.2, 0.25) is 0 Å². The molecule has 304 valence electrons. The molecule has 0 aliphatic carbocycles. The second-order valence-electron chi connectivity index (χ2n) is 14.8. The lowest BCUT2D eigenvalue weighted by molar-refractivity contribution is -0.135. The molecule has 0 radical (unpaired) electrons. The first-order chi connectivity index (χ1) is 28.6. The lowest BCUT2D eigenvalue weighted by Gasteiger charge is -2.30. The number of nitrogens with one attached hydrogen (secondary N) is 4. The van der Waals surface area contributed by atoms with Gasteiger partial charge in [0.25, 0.3) is 5.91 Å². The molecular weight excluding hydrogens is 789 g/mol. The summed E-state index contributed by atoms with van der Waals surface area (Å²) < 4.78 is 11.9. The number of rotatable bonds is 11. The Kier molecular flexibility index (Phi) is 11.3. The second-order valence-corrected chi connectivity index (χ2v) is 16.9. The van der Waals surface area contributed by atoms with Crippen molar-refractivity contribution in [3.63, 3.8) is 0 Å². The number of carbonyl (C=O) groups is 4. The maximum Gasteiger partial charge on any atom is 0.407 e. The van der Waals surface area contributed by atoms with Crippen LogP contribution in [-0.4, -0.2) is 87.1 Å². The average Bonchev–Trinajstić information content (AvgIpc) is 4.10. The van der Waals surface area contributed by atoms with Crippen LogP contribution >= 0.6 is 22.7 Å². The van der Waals surface area contributed by atoms with Gasteiger partial charge in [-0.3, -0.25) is 9.59 Å². The number of H-pyrrole nitrogens is 2. The van der Waals surface area contributed by atoms with Gasteiger partial charge in [-0.25, -0.2) is 19.6 Å². The largest absolute Gasteiger partial charge is 0.453 e. The number of ether oxygens (including phenoxy) is 2. The molecule has 0 spiro atoms. The lowest BCUT2D eigenvalue weighted by Crippen LogP contribution is -2.51.